The highest BCUT2D eigenvalue weighted by molar-refractivity contribution is 6.00. The lowest BCUT2D eigenvalue weighted by molar-refractivity contribution is -0.125. The zero-order chi connectivity index (χ0) is 12.4. The highest BCUT2D eigenvalue weighted by Crippen LogP contribution is 2.27. The average molecular weight is 232 g/mol. The van der Waals surface area contributed by atoms with E-state index in [-0.39, 0.29) is 17.7 Å². The fraction of sp³-hybridized carbons (Fsp3) is 0.385. The van der Waals surface area contributed by atoms with Crippen LogP contribution in [0.15, 0.2) is 24.3 Å². The van der Waals surface area contributed by atoms with Gasteiger partial charge in [0.05, 0.1) is 5.92 Å². The van der Waals surface area contributed by atoms with Crippen molar-refractivity contribution in [2.24, 2.45) is 5.92 Å². The second-order valence-electron chi connectivity index (χ2n) is 4.31. The van der Waals surface area contributed by atoms with E-state index in [0.29, 0.717) is 13.0 Å². The zero-order valence-corrected chi connectivity index (χ0v) is 10.1. The number of carbonyl (C=O) groups excluding carboxylic acids is 2. The minimum atomic E-state index is -0.230. The topological polar surface area (TPSA) is 49.4 Å². The van der Waals surface area contributed by atoms with Crippen molar-refractivity contribution in [1.29, 1.82) is 0 Å². The maximum atomic E-state index is 11.9. The number of nitrogens with zero attached hydrogens (tertiary/aromatic N) is 1. The summed E-state index contributed by atoms with van der Waals surface area (Å²) in [6, 6.07) is 7.73. The number of rotatable bonds is 2. The van der Waals surface area contributed by atoms with Crippen LogP contribution < -0.4 is 10.2 Å². The Hall–Kier alpha value is -1.84. The van der Waals surface area contributed by atoms with Gasteiger partial charge in [-0.2, -0.15) is 0 Å². The number of hydrogen-bond acceptors (Lipinski definition) is 2. The summed E-state index contributed by atoms with van der Waals surface area (Å²) in [5.74, 6) is -0.269. The van der Waals surface area contributed by atoms with Gasteiger partial charge in [-0.1, -0.05) is 18.2 Å². The van der Waals surface area contributed by atoms with Crippen molar-refractivity contribution >= 4 is 17.5 Å². The zero-order valence-electron chi connectivity index (χ0n) is 10.1. The van der Waals surface area contributed by atoms with E-state index >= 15 is 0 Å². The molecule has 0 spiro atoms. The molecule has 0 bridgehead atoms. The van der Waals surface area contributed by atoms with E-state index in [2.05, 4.69) is 5.32 Å². The van der Waals surface area contributed by atoms with Crippen molar-refractivity contribution in [2.45, 2.75) is 13.3 Å². The van der Waals surface area contributed by atoms with Crippen LogP contribution in [0.4, 0.5) is 5.69 Å². The predicted octanol–water partition coefficient (Wildman–Crippen LogP) is 1.09. The van der Waals surface area contributed by atoms with Gasteiger partial charge in [-0.3, -0.25) is 9.59 Å². The number of aryl methyl sites for hydroxylation is 1. The first-order chi connectivity index (χ1) is 8.13. The number of benzene rings is 1. The van der Waals surface area contributed by atoms with Gasteiger partial charge in [0, 0.05) is 25.7 Å². The Bertz CT molecular complexity index is 456. The van der Waals surface area contributed by atoms with Crippen LogP contribution in [0, 0.1) is 12.8 Å². The fourth-order valence-electron chi connectivity index (χ4n) is 2.19. The number of para-hydroxylation sites is 1. The summed E-state index contributed by atoms with van der Waals surface area (Å²) in [5.41, 5.74) is 1.96. The molecule has 0 unspecified atom stereocenters. The molecule has 1 heterocycles. The van der Waals surface area contributed by atoms with E-state index in [9.17, 15) is 9.59 Å². The number of nitrogens with one attached hydrogen (secondary N) is 1. The van der Waals surface area contributed by atoms with Gasteiger partial charge >= 0.3 is 0 Å². The first-order valence-electron chi connectivity index (χ1n) is 5.71. The van der Waals surface area contributed by atoms with Crippen molar-refractivity contribution < 1.29 is 9.59 Å². The molecule has 2 amide bonds. The molecule has 1 fully saturated rings. The Labute approximate surface area is 101 Å². The Morgan fingerprint density at radius 2 is 2.12 bits per heavy atom. The Kier molecular flexibility index (Phi) is 3.13. The van der Waals surface area contributed by atoms with Gasteiger partial charge in [-0.05, 0) is 18.6 Å². The summed E-state index contributed by atoms with van der Waals surface area (Å²) in [7, 11) is 1.60. The highest BCUT2D eigenvalue weighted by atomic mass is 16.2. The minimum Gasteiger partial charge on any atom is -0.359 e. The molecule has 1 aromatic carbocycles. The van der Waals surface area contributed by atoms with Crippen LogP contribution in [-0.2, 0) is 9.59 Å². The van der Waals surface area contributed by atoms with Crippen LogP contribution in [0.2, 0.25) is 0 Å². The molecule has 1 aliphatic rings. The summed E-state index contributed by atoms with van der Waals surface area (Å²) >= 11 is 0. The molecule has 1 N–H and O–H groups in total. The van der Waals surface area contributed by atoms with Crippen molar-refractivity contribution in [3.05, 3.63) is 29.8 Å². The van der Waals surface area contributed by atoms with Crippen LogP contribution in [0.1, 0.15) is 12.0 Å². The molecule has 1 aliphatic heterocycles. The molecule has 0 radical (unpaired) electrons. The Morgan fingerprint density at radius 3 is 2.76 bits per heavy atom. The highest BCUT2D eigenvalue weighted by Gasteiger charge is 2.34. The summed E-state index contributed by atoms with van der Waals surface area (Å²) in [6.45, 7) is 2.44. The lowest BCUT2D eigenvalue weighted by atomic mass is 10.1. The summed E-state index contributed by atoms with van der Waals surface area (Å²) in [6.07, 6.45) is 0.300. The van der Waals surface area contributed by atoms with Gasteiger partial charge in [0.15, 0.2) is 0 Å². The molecular formula is C13H16N2O2. The summed E-state index contributed by atoms with van der Waals surface area (Å²) in [5, 5.41) is 2.60. The minimum absolute atomic E-state index is 0.0212. The smallest absolute Gasteiger partial charge is 0.227 e. The van der Waals surface area contributed by atoms with Crippen LogP contribution in [0.25, 0.3) is 0 Å². The van der Waals surface area contributed by atoms with E-state index in [1.165, 1.54) is 0 Å². The van der Waals surface area contributed by atoms with Crippen LogP contribution in [-0.4, -0.2) is 25.4 Å². The lowest BCUT2D eigenvalue weighted by Gasteiger charge is -2.18. The second-order valence-corrected chi connectivity index (χ2v) is 4.31. The SMILES string of the molecule is CNC(=O)[C@H]1CC(=O)N(c2ccccc2C)C1. The Balaban J connectivity index is 2.22. The van der Waals surface area contributed by atoms with E-state index < -0.39 is 0 Å². The molecule has 0 aliphatic carbocycles. The molecule has 4 nitrogen and oxygen atoms in total. The molecule has 1 aromatic rings. The van der Waals surface area contributed by atoms with E-state index in [0.717, 1.165) is 11.3 Å². The van der Waals surface area contributed by atoms with Gasteiger partial charge in [0.1, 0.15) is 0 Å². The predicted molar refractivity (Wildman–Crippen MR) is 65.7 cm³/mol. The number of anilines is 1. The Morgan fingerprint density at radius 1 is 1.41 bits per heavy atom. The molecule has 2 rings (SSSR count). The van der Waals surface area contributed by atoms with Crippen molar-refractivity contribution in [3.8, 4) is 0 Å². The number of hydrogen-bond donors (Lipinski definition) is 1. The molecule has 17 heavy (non-hydrogen) atoms. The third-order valence-electron chi connectivity index (χ3n) is 3.15. The van der Waals surface area contributed by atoms with Gasteiger partial charge in [-0.15, -0.1) is 0 Å². The van der Waals surface area contributed by atoms with Gasteiger partial charge in [0.2, 0.25) is 11.8 Å². The van der Waals surface area contributed by atoms with Gasteiger partial charge < -0.3 is 10.2 Å². The molecule has 90 valence electrons. The van der Waals surface area contributed by atoms with Crippen molar-refractivity contribution in [2.75, 3.05) is 18.5 Å². The molecule has 0 saturated carbocycles. The monoisotopic (exact) mass is 232 g/mol. The number of amides is 2. The first kappa shape index (κ1) is 11.6. The maximum absolute atomic E-state index is 11.9. The molecule has 1 atom stereocenters. The molecule has 4 heteroatoms. The third kappa shape index (κ3) is 2.16. The second kappa shape index (κ2) is 4.57. The molecular weight excluding hydrogens is 216 g/mol. The average Bonchev–Trinajstić information content (AvgIpc) is 2.71. The van der Waals surface area contributed by atoms with E-state index in [4.69, 9.17) is 0 Å². The summed E-state index contributed by atoms with van der Waals surface area (Å²) in [4.78, 5) is 25.1. The van der Waals surface area contributed by atoms with Crippen LogP contribution in [0.3, 0.4) is 0 Å². The third-order valence-corrected chi connectivity index (χ3v) is 3.15. The van der Waals surface area contributed by atoms with Crippen LogP contribution >= 0.6 is 0 Å². The molecule has 1 saturated heterocycles. The van der Waals surface area contributed by atoms with E-state index in [1.54, 1.807) is 11.9 Å². The van der Waals surface area contributed by atoms with Crippen molar-refractivity contribution in [3.63, 3.8) is 0 Å². The maximum Gasteiger partial charge on any atom is 0.227 e. The number of carbonyl (C=O) groups is 2. The van der Waals surface area contributed by atoms with Crippen LogP contribution in [0.5, 0.6) is 0 Å². The van der Waals surface area contributed by atoms with Gasteiger partial charge in [0.25, 0.3) is 0 Å². The first-order valence-corrected chi connectivity index (χ1v) is 5.71. The fourth-order valence-corrected chi connectivity index (χ4v) is 2.19. The van der Waals surface area contributed by atoms with Gasteiger partial charge in [-0.25, -0.2) is 0 Å². The summed E-state index contributed by atoms with van der Waals surface area (Å²) < 4.78 is 0. The standard InChI is InChI=1S/C13H16N2O2/c1-9-5-3-4-6-11(9)15-8-10(7-12(15)16)13(17)14-2/h3-6,10H,7-8H2,1-2H3,(H,14,17)/t10-/m0/s1. The quantitative estimate of drug-likeness (QED) is 0.830. The molecule has 0 aromatic heterocycles. The van der Waals surface area contributed by atoms with Crippen molar-refractivity contribution in [1.82, 2.24) is 5.32 Å². The normalized spacial score (nSPS) is 19.5. The van der Waals surface area contributed by atoms with E-state index in [1.807, 2.05) is 31.2 Å². The largest absolute Gasteiger partial charge is 0.359 e. The lowest BCUT2D eigenvalue weighted by Crippen LogP contribution is -2.30.